The maximum absolute atomic E-state index is 12.3. The molecule has 0 amide bonds. The standard InChI is InChI=1S/C17H13Cl2N3O2S/c18-12-8-13(19)10-15(9-12)21-17-7-6-14(11-20-17)22-25(23,24)16-4-2-1-3-5-16/h1-11,22H,(H,20,21). The van der Waals surface area contributed by atoms with E-state index in [9.17, 15) is 8.42 Å². The molecule has 0 unspecified atom stereocenters. The smallest absolute Gasteiger partial charge is 0.261 e. The Morgan fingerprint density at radius 3 is 2.12 bits per heavy atom. The molecular weight excluding hydrogens is 381 g/mol. The molecule has 0 atom stereocenters. The van der Waals surface area contributed by atoms with Crippen LogP contribution < -0.4 is 10.0 Å². The summed E-state index contributed by atoms with van der Waals surface area (Å²) in [6.45, 7) is 0. The lowest BCUT2D eigenvalue weighted by Crippen LogP contribution is -2.13. The van der Waals surface area contributed by atoms with Crippen molar-refractivity contribution in [3.8, 4) is 0 Å². The Bertz CT molecular complexity index is 958. The van der Waals surface area contributed by atoms with E-state index in [0.29, 0.717) is 27.2 Å². The summed E-state index contributed by atoms with van der Waals surface area (Å²) in [6, 6.07) is 16.4. The van der Waals surface area contributed by atoms with E-state index >= 15 is 0 Å². The van der Waals surface area contributed by atoms with Gasteiger partial charge in [-0.2, -0.15) is 0 Å². The SMILES string of the molecule is O=S(=O)(Nc1ccc(Nc2cc(Cl)cc(Cl)c2)nc1)c1ccccc1. The number of hydrogen-bond donors (Lipinski definition) is 2. The molecule has 0 aliphatic heterocycles. The quantitative estimate of drug-likeness (QED) is 0.644. The van der Waals surface area contributed by atoms with Gasteiger partial charge in [-0.15, -0.1) is 0 Å². The van der Waals surface area contributed by atoms with Gasteiger partial charge in [-0.25, -0.2) is 13.4 Å². The van der Waals surface area contributed by atoms with Crippen LogP contribution in [0.1, 0.15) is 0 Å². The van der Waals surface area contributed by atoms with Crippen molar-refractivity contribution < 1.29 is 8.42 Å². The first kappa shape index (κ1) is 17.5. The maximum Gasteiger partial charge on any atom is 0.261 e. The highest BCUT2D eigenvalue weighted by Gasteiger charge is 2.13. The minimum Gasteiger partial charge on any atom is -0.340 e. The minimum atomic E-state index is -3.64. The number of nitrogens with zero attached hydrogens (tertiary/aromatic N) is 1. The van der Waals surface area contributed by atoms with Gasteiger partial charge in [0, 0.05) is 15.7 Å². The Morgan fingerprint density at radius 2 is 1.52 bits per heavy atom. The van der Waals surface area contributed by atoms with E-state index in [1.54, 1.807) is 48.5 Å². The molecule has 5 nitrogen and oxygen atoms in total. The van der Waals surface area contributed by atoms with Crippen molar-refractivity contribution in [1.29, 1.82) is 0 Å². The molecule has 8 heteroatoms. The molecular formula is C17H13Cl2N3O2S. The van der Waals surface area contributed by atoms with Crippen LogP contribution in [0, 0.1) is 0 Å². The minimum absolute atomic E-state index is 0.186. The number of sulfonamides is 1. The van der Waals surface area contributed by atoms with Gasteiger partial charge < -0.3 is 5.32 Å². The van der Waals surface area contributed by atoms with Gasteiger partial charge >= 0.3 is 0 Å². The van der Waals surface area contributed by atoms with Crippen LogP contribution in [0.15, 0.2) is 71.8 Å². The summed E-state index contributed by atoms with van der Waals surface area (Å²) in [5, 5.41) is 4.05. The molecule has 2 N–H and O–H groups in total. The highest BCUT2D eigenvalue weighted by Crippen LogP contribution is 2.25. The van der Waals surface area contributed by atoms with Gasteiger partial charge in [0.05, 0.1) is 16.8 Å². The number of aromatic nitrogens is 1. The average Bonchev–Trinajstić information content (AvgIpc) is 2.56. The first-order chi connectivity index (χ1) is 11.9. The molecule has 0 fully saturated rings. The van der Waals surface area contributed by atoms with E-state index in [2.05, 4.69) is 15.0 Å². The lowest BCUT2D eigenvalue weighted by atomic mass is 10.3. The summed E-state index contributed by atoms with van der Waals surface area (Å²) in [5.74, 6) is 0.529. The summed E-state index contributed by atoms with van der Waals surface area (Å²) in [5.41, 5.74) is 1.04. The average molecular weight is 394 g/mol. The maximum atomic E-state index is 12.3. The molecule has 1 aromatic heterocycles. The fraction of sp³-hybridized carbons (Fsp3) is 0. The van der Waals surface area contributed by atoms with E-state index in [1.807, 2.05) is 0 Å². The zero-order chi connectivity index (χ0) is 17.9. The monoisotopic (exact) mass is 393 g/mol. The largest absolute Gasteiger partial charge is 0.340 e. The summed E-state index contributed by atoms with van der Waals surface area (Å²) in [6.07, 6.45) is 1.43. The second-order valence-electron chi connectivity index (χ2n) is 5.13. The molecule has 0 aliphatic rings. The van der Waals surface area contributed by atoms with Gasteiger partial charge in [-0.1, -0.05) is 41.4 Å². The molecule has 128 valence electrons. The third kappa shape index (κ3) is 4.63. The predicted octanol–water partition coefficient (Wildman–Crippen LogP) is 4.93. The third-order valence-electron chi connectivity index (χ3n) is 3.20. The van der Waals surface area contributed by atoms with Crippen LogP contribution >= 0.6 is 23.2 Å². The van der Waals surface area contributed by atoms with E-state index in [1.165, 1.54) is 18.3 Å². The molecule has 3 rings (SSSR count). The molecule has 0 saturated carbocycles. The van der Waals surface area contributed by atoms with Crippen molar-refractivity contribution in [3.63, 3.8) is 0 Å². The van der Waals surface area contributed by atoms with E-state index in [4.69, 9.17) is 23.2 Å². The van der Waals surface area contributed by atoms with Gasteiger partial charge in [0.25, 0.3) is 10.0 Å². The number of pyridine rings is 1. The zero-order valence-corrected chi connectivity index (χ0v) is 15.1. The van der Waals surface area contributed by atoms with Crippen LogP contribution in [-0.4, -0.2) is 13.4 Å². The summed E-state index contributed by atoms with van der Waals surface area (Å²) in [4.78, 5) is 4.37. The molecule has 25 heavy (non-hydrogen) atoms. The topological polar surface area (TPSA) is 71.1 Å². The van der Waals surface area contributed by atoms with Gasteiger partial charge in [-0.05, 0) is 42.5 Å². The van der Waals surface area contributed by atoms with Gasteiger partial charge in [-0.3, -0.25) is 4.72 Å². The second kappa shape index (κ2) is 7.31. The number of benzene rings is 2. The molecule has 0 radical (unpaired) electrons. The van der Waals surface area contributed by atoms with Crippen LogP contribution in [0.3, 0.4) is 0 Å². The van der Waals surface area contributed by atoms with Crippen molar-refractivity contribution in [2.24, 2.45) is 0 Å². The van der Waals surface area contributed by atoms with Crippen molar-refractivity contribution in [3.05, 3.63) is 76.9 Å². The Labute approximate surface area is 155 Å². The lowest BCUT2D eigenvalue weighted by Gasteiger charge is -2.10. The highest BCUT2D eigenvalue weighted by molar-refractivity contribution is 7.92. The molecule has 0 saturated heterocycles. The summed E-state index contributed by atoms with van der Waals surface area (Å²) < 4.78 is 27.0. The van der Waals surface area contributed by atoms with Gasteiger partial charge in [0.15, 0.2) is 0 Å². The van der Waals surface area contributed by atoms with E-state index < -0.39 is 10.0 Å². The van der Waals surface area contributed by atoms with Gasteiger partial charge in [0.2, 0.25) is 0 Å². The number of anilines is 3. The first-order valence-corrected chi connectivity index (χ1v) is 9.43. The fourth-order valence-electron chi connectivity index (χ4n) is 2.12. The molecule has 1 heterocycles. The number of hydrogen-bond acceptors (Lipinski definition) is 4. The van der Waals surface area contributed by atoms with E-state index in [-0.39, 0.29) is 4.90 Å². The number of halogens is 2. The Balaban J connectivity index is 1.74. The van der Waals surface area contributed by atoms with Crippen molar-refractivity contribution >= 4 is 50.4 Å². The Morgan fingerprint density at radius 1 is 0.840 bits per heavy atom. The molecule has 3 aromatic rings. The summed E-state index contributed by atoms with van der Waals surface area (Å²) >= 11 is 11.9. The molecule has 0 bridgehead atoms. The van der Waals surface area contributed by atoms with Crippen LogP contribution in [0.4, 0.5) is 17.2 Å². The Kier molecular flexibility index (Phi) is 5.13. The highest BCUT2D eigenvalue weighted by atomic mass is 35.5. The lowest BCUT2D eigenvalue weighted by molar-refractivity contribution is 0.601. The van der Waals surface area contributed by atoms with E-state index in [0.717, 1.165) is 0 Å². The van der Waals surface area contributed by atoms with Crippen LogP contribution in [0.5, 0.6) is 0 Å². The predicted molar refractivity (Wildman–Crippen MR) is 101 cm³/mol. The summed E-state index contributed by atoms with van der Waals surface area (Å²) in [7, 11) is -3.64. The fourth-order valence-corrected chi connectivity index (χ4v) is 3.71. The van der Waals surface area contributed by atoms with Crippen molar-refractivity contribution in [2.75, 3.05) is 10.0 Å². The van der Waals surface area contributed by atoms with Crippen molar-refractivity contribution in [2.45, 2.75) is 4.90 Å². The molecule has 0 aliphatic carbocycles. The number of nitrogens with one attached hydrogen (secondary N) is 2. The van der Waals surface area contributed by atoms with Gasteiger partial charge in [0.1, 0.15) is 5.82 Å². The molecule has 2 aromatic carbocycles. The zero-order valence-electron chi connectivity index (χ0n) is 12.8. The number of rotatable bonds is 5. The Hall–Kier alpha value is -2.28. The van der Waals surface area contributed by atoms with Crippen molar-refractivity contribution in [1.82, 2.24) is 4.98 Å². The van der Waals surface area contributed by atoms with Crippen LogP contribution in [-0.2, 0) is 10.0 Å². The van der Waals surface area contributed by atoms with Crippen LogP contribution in [0.2, 0.25) is 10.0 Å². The molecule has 0 spiro atoms. The van der Waals surface area contributed by atoms with Crippen LogP contribution in [0.25, 0.3) is 0 Å². The second-order valence-corrected chi connectivity index (χ2v) is 7.69. The normalized spacial score (nSPS) is 11.1. The third-order valence-corrected chi connectivity index (χ3v) is 5.04. The first-order valence-electron chi connectivity index (χ1n) is 7.19.